The van der Waals surface area contributed by atoms with Gasteiger partial charge in [0, 0.05) is 6.42 Å². The average molecular weight is 237 g/mol. The minimum Gasteiger partial charge on any atom is -0.494 e. The monoisotopic (exact) mass is 237 g/mol. The zero-order chi connectivity index (χ0) is 11.4. The van der Waals surface area contributed by atoms with E-state index in [1.807, 2.05) is 30.3 Å². The average Bonchev–Trinajstić information content (AvgIpc) is 2.59. The number of benzene rings is 1. The smallest absolute Gasteiger partial charge is 0.307 e. The van der Waals surface area contributed by atoms with Crippen LogP contribution in [0, 0.1) is 0 Å². The molecule has 0 aliphatic rings. The van der Waals surface area contributed by atoms with E-state index in [1.54, 1.807) is 0 Å². The molecule has 84 valence electrons. The van der Waals surface area contributed by atoms with Gasteiger partial charge in [-0.3, -0.25) is 9.78 Å². The summed E-state index contributed by atoms with van der Waals surface area (Å²) in [5.41, 5.74) is 0. The summed E-state index contributed by atoms with van der Waals surface area (Å²) in [5, 5.41) is 9.33. The van der Waals surface area contributed by atoms with E-state index in [1.165, 1.54) is 0 Å². The second kappa shape index (κ2) is 4.85. The Labute approximate surface area is 96.1 Å². The van der Waals surface area contributed by atoms with E-state index < -0.39 is 0 Å². The zero-order valence-electron chi connectivity index (χ0n) is 8.47. The summed E-state index contributed by atoms with van der Waals surface area (Å²) < 4.78 is 5.45. The van der Waals surface area contributed by atoms with E-state index in [-0.39, 0.29) is 10.8 Å². The van der Waals surface area contributed by atoms with Crippen LogP contribution in [0.3, 0.4) is 0 Å². The first-order chi connectivity index (χ1) is 7.75. The summed E-state index contributed by atoms with van der Waals surface area (Å²) >= 11 is 1.01. The van der Waals surface area contributed by atoms with Crippen LogP contribution in [0.4, 0.5) is 0 Å². The van der Waals surface area contributed by atoms with Crippen LogP contribution in [-0.2, 0) is 6.42 Å². The minimum absolute atomic E-state index is 0.0494. The van der Waals surface area contributed by atoms with Gasteiger partial charge < -0.3 is 9.84 Å². The molecular weight excluding hydrogens is 226 g/mol. The van der Waals surface area contributed by atoms with Crippen molar-refractivity contribution >= 4 is 11.3 Å². The molecule has 0 amide bonds. The molecule has 0 atom stereocenters. The van der Waals surface area contributed by atoms with Crippen LogP contribution in [0.5, 0.6) is 11.6 Å². The normalized spacial score (nSPS) is 10.2. The van der Waals surface area contributed by atoms with Crippen LogP contribution in [0.1, 0.15) is 4.88 Å². The molecule has 0 bridgehead atoms. The lowest BCUT2D eigenvalue weighted by Gasteiger charge is -2.04. The van der Waals surface area contributed by atoms with Crippen molar-refractivity contribution in [3.8, 4) is 11.6 Å². The Balaban J connectivity index is 1.89. The van der Waals surface area contributed by atoms with E-state index in [9.17, 15) is 9.90 Å². The lowest BCUT2D eigenvalue weighted by Crippen LogP contribution is -1.99. The third-order valence-corrected chi connectivity index (χ3v) is 2.97. The van der Waals surface area contributed by atoms with E-state index in [0.717, 1.165) is 17.1 Å². The van der Waals surface area contributed by atoms with Gasteiger partial charge in [-0.2, -0.15) is 0 Å². The first kappa shape index (κ1) is 10.8. The van der Waals surface area contributed by atoms with Gasteiger partial charge in [-0.1, -0.05) is 29.5 Å². The maximum atomic E-state index is 10.9. The fourth-order valence-corrected chi connectivity index (χ4v) is 2.00. The molecule has 0 aliphatic carbocycles. The molecule has 0 aliphatic heterocycles. The van der Waals surface area contributed by atoms with Gasteiger partial charge >= 0.3 is 4.87 Å². The number of hydrogen-bond acceptors (Lipinski definition) is 4. The Kier molecular flexibility index (Phi) is 3.26. The van der Waals surface area contributed by atoms with E-state index in [0.29, 0.717) is 17.9 Å². The standard InChI is InChI=1S/C11H11NO3S/c13-10-9(16-11(14)12-10)6-7-15-8-4-2-1-3-5-8/h1-5,13H,6-7H2,(H,12,14). The zero-order valence-corrected chi connectivity index (χ0v) is 9.29. The molecule has 1 aromatic carbocycles. The molecule has 4 nitrogen and oxygen atoms in total. The van der Waals surface area contributed by atoms with Gasteiger partial charge in [0.15, 0.2) is 0 Å². The van der Waals surface area contributed by atoms with Gasteiger partial charge in [0.25, 0.3) is 0 Å². The van der Waals surface area contributed by atoms with Gasteiger partial charge in [-0.15, -0.1) is 0 Å². The summed E-state index contributed by atoms with van der Waals surface area (Å²) in [6.45, 7) is 0.436. The van der Waals surface area contributed by atoms with Crippen LogP contribution >= 0.6 is 11.3 Å². The molecule has 0 spiro atoms. The van der Waals surface area contributed by atoms with Crippen LogP contribution in [0.15, 0.2) is 35.1 Å². The summed E-state index contributed by atoms with van der Waals surface area (Å²) in [6.07, 6.45) is 0.518. The number of H-pyrrole nitrogens is 1. The van der Waals surface area contributed by atoms with Crippen LogP contribution in [0.25, 0.3) is 0 Å². The number of rotatable bonds is 4. The highest BCUT2D eigenvalue weighted by Crippen LogP contribution is 2.17. The highest BCUT2D eigenvalue weighted by atomic mass is 32.1. The third-order valence-electron chi connectivity index (χ3n) is 2.04. The lowest BCUT2D eigenvalue weighted by molar-refractivity contribution is 0.320. The van der Waals surface area contributed by atoms with E-state index >= 15 is 0 Å². The lowest BCUT2D eigenvalue weighted by atomic mass is 10.3. The Morgan fingerprint density at radius 2 is 2.06 bits per heavy atom. The fraction of sp³-hybridized carbons (Fsp3) is 0.182. The molecule has 0 unspecified atom stereocenters. The van der Waals surface area contributed by atoms with Crippen LogP contribution in [0.2, 0.25) is 0 Å². The van der Waals surface area contributed by atoms with Gasteiger partial charge in [0.1, 0.15) is 5.75 Å². The Hall–Kier alpha value is -1.75. The number of nitrogens with one attached hydrogen (secondary N) is 1. The van der Waals surface area contributed by atoms with E-state index in [4.69, 9.17) is 4.74 Å². The predicted octanol–water partition coefficient (Wildman–Crippen LogP) is 1.76. The van der Waals surface area contributed by atoms with E-state index in [2.05, 4.69) is 4.98 Å². The summed E-state index contributed by atoms with van der Waals surface area (Å²) in [5.74, 6) is 0.733. The van der Waals surface area contributed by atoms with Crippen molar-refractivity contribution in [2.24, 2.45) is 0 Å². The fourth-order valence-electron chi connectivity index (χ4n) is 1.30. The molecule has 0 saturated carbocycles. The first-order valence-corrected chi connectivity index (χ1v) is 5.66. The van der Waals surface area contributed by atoms with Gasteiger partial charge in [-0.25, -0.2) is 0 Å². The first-order valence-electron chi connectivity index (χ1n) is 4.84. The SMILES string of the molecule is O=c1[nH]c(O)c(CCOc2ccccc2)s1. The Morgan fingerprint density at radius 3 is 2.69 bits per heavy atom. The Bertz CT molecular complexity index is 503. The van der Waals surface area contributed by atoms with Gasteiger partial charge in [0.05, 0.1) is 11.5 Å². The van der Waals surface area contributed by atoms with Gasteiger partial charge in [0.2, 0.25) is 5.88 Å². The third kappa shape index (κ3) is 2.64. The minimum atomic E-state index is -0.243. The van der Waals surface area contributed by atoms with Crippen molar-refractivity contribution in [1.29, 1.82) is 0 Å². The second-order valence-electron chi connectivity index (χ2n) is 3.20. The summed E-state index contributed by atoms with van der Waals surface area (Å²) in [4.78, 5) is 13.6. The van der Waals surface area contributed by atoms with Crippen molar-refractivity contribution in [1.82, 2.24) is 4.98 Å². The quantitative estimate of drug-likeness (QED) is 0.851. The molecule has 2 aromatic rings. The number of aromatic hydroxyl groups is 1. The molecule has 5 heteroatoms. The molecule has 2 rings (SSSR count). The number of para-hydroxylation sites is 1. The van der Waals surface area contributed by atoms with Crippen molar-refractivity contribution in [3.05, 3.63) is 44.9 Å². The topological polar surface area (TPSA) is 62.3 Å². The Morgan fingerprint density at radius 1 is 1.31 bits per heavy atom. The summed E-state index contributed by atoms with van der Waals surface area (Å²) in [7, 11) is 0. The van der Waals surface area contributed by atoms with Crippen molar-refractivity contribution in [3.63, 3.8) is 0 Å². The second-order valence-corrected chi connectivity index (χ2v) is 4.27. The number of hydrogen-bond donors (Lipinski definition) is 2. The molecule has 0 saturated heterocycles. The number of ether oxygens (including phenoxy) is 1. The van der Waals surface area contributed by atoms with Gasteiger partial charge in [-0.05, 0) is 12.1 Å². The van der Waals surface area contributed by atoms with Crippen molar-refractivity contribution in [2.75, 3.05) is 6.61 Å². The van der Waals surface area contributed by atoms with Crippen molar-refractivity contribution < 1.29 is 9.84 Å². The van der Waals surface area contributed by atoms with Crippen molar-refractivity contribution in [2.45, 2.75) is 6.42 Å². The van der Waals surface area contributed by atoms with Crippen LogP contribution in [-0.4, -0.2) is 16.7 Å². The highest BCUT2D eigenvalue weighted by Gasteiger charge is 2.06. The molecular formula is C11H11NO3S. The maximum Gasteiger partial charge on any atom is 0.307 e. The molecule has 1 aromatic heterocycles. The predicted molar refractivity (Wildman–Crippen MR) is 62.2 cm³/mol. The molecule has 16 heavy (non-hydrogen) atoms. The number of aromatic nitrogens is 1. The number of thiazole rings is 1. The molecule has 2 N–H and O–H groups in total. The number of aromatic amines is 1. The molecule has 0 radical (unpaired) electrons. The molecule has 1 heterocycles. The maximum absolute atomic E-state index is 10.9. The van der Waals surface area contributed by atoms with Crippen LogP contribution < -0.4 is 9.61 Å². The summed E-state index contributed by atoms with van der Waals surface area (Å²) in [6, 6.07) is 9.42. The highest BCUT2D eigenvalue weighted by molar-refractivity contribution is 7.09. The largest absolute Gasteiger partial charge is 0.494 e. The molecule has 0 fully saturated rings.